The van der Waals surface area contributed by atoms with E-state index in [9.17, 15) is 8.42 Å². The van der Waals surface area contributed by atoms with Crippen molar-refractivity contribution in [1.29, 1.82) is 0 Å². The summed E-state index contributed by atoms with van der Waals surface area (Å²) in [5, 5.41) is 7.34. The summed E-state index contributed by atoms with van der Waals surface area (Å²) in [5.41, 5.74) is 0.864. The van der Waals surface area contributed by atoms with Crippen LogP contribution in [-0.2, 0) is 15.3 Å². The quantitative estimate of drug-likeness (QED) is 0.890. The van der Waals surface area contributed by atoms with Gasteiger partial charge in [0.2, 0.25) is 0 Å². The van der Waals surface area contributed by atoms with Crippen molar-refractivity contribution < 1.29 is 8.42 Å². The van der Waals surface area contributed by atoms with Crippen molar-refractivity contribution in [2.24, 2.45) is 0 Å². The number of rotatable bonds is 5. The molecule has 0 aromatic carbocycles. The average molecular weight is 291 g/mol. The fraction of sp³-hybridized carbons (Fsp3) is 0.818. The summed E-state index contributed by atoms with van der Waals surface area (Å²) in [6.45, 7) is 6.24. The lowest BCUT2D eigenvalue weighted by Crippen LogP contribution is -2.23. The molecule has 0 radical (unpaired) electrons. The minimum absolute atomic E-state index is 0.00560. The van der Waals surface area contributed by atoms with Gasteiger partial charge in [-0.15, -0.1) is 5.10 Å². The van der Waals surface area contributed by atoms with Crippen LogP contribution in [0.5, 0.6) is 0 Å². The highest BCUT2D eigenvalue weighted by atomic mass is 32.2. The highest BCUT2D eigenvalue weighted by Crippen LogP contribution is 2.31. The van der Waals surface area contributed by atoms with Crippen LogP contribution in [0.15, 0.2) is 0 Å². The normalized spacial score (nSPS) is 14.7. The second-order valence-electron chi connectivity index (χ2n) is 5.50. The molecule has 0 bridgehead atoms. The Bertz CT molecular complexity index is 489. The second-order valence-corrected chi connectivity index (χ2v) is 8.54. The third-order valence-electron chi connectivity index (χ3n) is 2.67. The van der Waals surface area contributed by atoms with Crippen LogP contribution >= 0.6 is 11.5 Å². The van der Waals surface area contributed by atoms with Gasteiger partial charge in [0.1, 0.15) is 9.84 Å². The molecule has 0 aliphatic rings. The summed E-state index contributed by atoms with van der Waals surface area (Å²) < 4.78 is 26.5. The Morgan fingerprint density at radius 1 is 1.39 bits per heavy atom. The van der Waals surface area contributed by atoms with Gasteiger partial charge < -0.3 is 5.32 Å². The molecule has 104 valence electrons. The zero-order valence-corrected chi connectivity index (χ0v) is 13.2. The molecule has 0 fully saturated rings. The van der Waals surface area contributed by atoms with E-state index in [1.165, 1.54) is 17.8 Å². The number of hydrogen-bond acceptors (Lipinski definition) is 6. The molecule has 18 heavy (non-hydrogen) atoms. The average Bonchev–Trinajstić information content (AvgIpc) is 2.65. The third kappa shape index (κ3) is 4.29. The van der Waals surface area contributed by atoms with Crippen LogP contribution in [0, 0.1) is 0 Å². The number of hydrogen-bond donors (Lipinski definition) is 1. The van der Waals surface area contributed by atoms with E-state index >= 15 is 0 Å². The smallest absolute Gasteiger partial charge is 0.147 e. The van der Waals surface area contributed by atoms with E-state index in [-0.39, 0.29) is 17.2 Å². The lowest BCUT2D eigenvalue weighted by Gasteiger charge is -2.21. The molecule has 1 heterocycles. The molecule has 1 aromatic rings. The van der Waals surface area contributed by atoms with Gasteiger partial charge in [0.15, 0.2) is 0 Å². The van der Waals surface area contributed by atoms with Gasteiger partial charge in [-0.05, 0) is 25.0 Å². The Morgan fingerprint density at radius 3 is 2.44 bits per heavy atom. The molecule has 1 aromatic heterocycles. The maximum Gasteiger partial charge on any atom is 0.147 e. The van der Waals surface area contributed by atoms with Gasteiger partial charge in [0, 0.05) is 17.7 Å². The van der Waals surface area contributed by atoms with E-state index in [2.05, 4.69) is 35.7 Å². The Kier molecular flexibility index (Phi) is 4.85. The molecule has 0 aliphatic heterocycles. The van der Waals surface area contributed by atoms with Crippen molar-refractivity contribution in [1.82, 2.24) is 14.9 Å². The molecule has 0 saturated heterocycles. The van der Waals surface area contributed by atoms with Crippen LogP contribution in [0.2, 0.25) is 0 Å². The number of aromatic nitrogens is 2. The molecular formula is C11H21N3O2S2. The Hall–Kier alpha value is -0.530. The van der Waals surface area contributed by atoms with E-state index in [4.69, 9.17) is 0 Å². The molecule has 5 nitrogen and oxygen atoms in total. The van der Waals surface area contributed by atoms with E-state index < -0.39 is 9.84 Å². The molecule has 0 aliphatic carbocycles. The maximum atomic E-state index is 11.2. The van der Waals surface area contributed by atoms with Gasteiger partial charge in [-0.1, -0.05) is 25.3 Å². The topological polar surface area (TPSA) is 72.0 Å². The van der Waals surface area contributed by atoms with E-state index in [1.54, 1.807) is 0 Å². The van der Waals surface area contributed by atoms with Crippen molar-refractivity contribution in [3.05, 3.63) is 10.6 Å². The van der Waals surface area contributed by atoms with Crippen molar-refractivity contribution >= 4 is 21.4 Å². The Balaban J connectivity index is 2.93. The summed E-state index contributed by atoms with van der Waals surface area (Å²) in [5.74, 6) is 0.167. The first-order chi connectivity index (χ1) is 8.15. The van der Waals surface area contributed by atoms with Gasteiger partial charge in [-0.2, -0.15) is 0 Å². The summed E-state index contributed by atoms with van der Waals surface area (Å²) in [6, 6.07) is -0.00560. The van der Waals surface area contributed by atoms with Crippen LogP contribution in [0.1, 0.15) is 43.8 Å². The van der Waals surface area contributed by atoms with Crippen LogP contribution in [0.4, 0.5) is 0 Å². The molecular weight excluding hydrogens is 270 g/mol. The maximum absolute atomic E-state index is 11.2. The summed E-state index contributed by atoms with van der Waals surface area (Å²) in [7, 11) is -1.11. The molecule has 0 spiro atoms. The zero-order valence-electron chi connectivity index (χ0n) is 11.5. The van der Waals surface area contributed by atoms with Crippen molar-refractivity contribution in [2.45, 2.75) is 38.6 Å². The highest BCUT2D eigenvalue weighted by Gasteiger charge is 2.26. The fourth-order valence-corrected chi connectivity index (χ4v) is 3.36. The molecule has 1 N–H and O–H groups in total. The van der Waals surface area contributed by atoms with Gasteiger partial charge in [-0.3, -0.25) is 0 Å². The molecule has 1 atom stereocenters. The lowest BCUT2D eigenvalue weighted by atomic mass is 9.89. The van der Waals surface area contributed by atoms with Crippen molar-refractivity contribution in [3.63, 3.8) is 0 Å². The number of nitrogens with zero attached hydrogens (tertiary/aromatic N) is 2. The Labute approximate surface area is 113 Å². The SMILES string of the molecule is CNC(CCS(C)(=O)=O)c1snnc1C(C)(C)C. The van der Waals surface area contributed by atoms with Gasteiger partial charge in [-0.25, -0.2) is 8.42 Å². The Morgan fingerprint density at radius 2 is 2.00 bits per heavy atom. The molecule has 1 unspecified atom stereocenters. The van der Waals surface area contributed by atoms with Crippen molar-refractivity contribution in [2.75, 3.05) is 19.1 Å². The lowest BCUT2D eigenvalue weighted by molar-refractivity contribution is 0.522. The van der Waals surface area contributed by atoms with Crippen LogP contribution in [0.3, 0.4) is 0 Å². The van der Waals surface area contributed by atoms with E-state index in [1.807, 2.05) is 7.05 Å². The summed E-state index contributed by atoms with van der Waals surface area (Å²) in [4.78, 5) is 1.04. The summed E-state index contributed by atoms with van der Waals surface area (Å²) in [6.07, 6.45) is 1.80. The highest BCUT2D eigenvalue weighted by molar-refractivity contribution is 7.90. The molecule has 1 rings (SSSR count). The minimum atomic E-state index is -2.94. The zero-order chi connectivity index (χ0) is 14.0. The first-order valence-corrected chi connectivity index (χ1v) is 8.66. The third-order valence-corrected chi connectivity index (χ3v) is 4.48. The monoisotopic (exact) mass is 291 g/mol. The van der Waals surface area contributed by atoms with E-state index in [0.29, 0.717) is 6.42 Å². The minimum Gasteiger partial charge on any atom is -0.312 e. The molecule has 0 amide bonds. The van der Waals surface area contributed by atoms with Crippen LogP contribution in [-0.4, -0.2) is 37.1 Å². The predicted octanol–water partition coefficient (Wildman–Crippen LogP) is 1.53. The predicted molar refractivity (Wildman–Crippen MR) is 74.7 cm³/mol. The van der Waals surface area contributed by atoms with Gasteiger partial charge >= 0.3 is 0 Å². The number of nitrogens with one attached hydrogen (secondary N) is 1. The molecule has 0 saturated carbocycles. The second kappa shape index (κ2) is 5.63. The standard InChI is InChI=1S/C11H21N3O2S2/c1-11(2,3)10-9(17-14-13-10)8(12-4)6-7-18(5,15)16/h8,12H,6-7H2,1-5H3. The van der Waals surface area contributed by atoms with Gasteiger partial charge in [0.05, 0.1) is 16.3 Å². The van der Waals surface area contributed by atoms with Crippen molar-refractivity contribution in [3.8, 4) is 0 Å². The summed E-state index contributed by atoms with van der Waals surface area (Å²) >= 11 is 1.34. The van der Waals surface area contributed by atoms with E-state index in [0.717, 1.165) is 10.6 Å². The largest absolute Gasteiger partial charge is 0.312 e. The van der Waals surface area contributed by atoms with Gasteiger partial charge in [0.25, 0.3) is 0 Å². The first-order valence-electron chi connectivity index (χ1n) is 5.83. The fourth-order valence-electron chi connectivity index (χ4n) is 1.68. The van der Waals surface area contributed by atoms with Crippen LogP contribution in [0.25, 0.3) is 0 Å². The number of sulfone groups is 1. The first kappa shape index (κ1) is 15.5. The van der Waals surface area contributed by atoms with Crippen LogP contribution < -0.4 is 5.32 Å². The molecule has 7 heteroatoms.